The molecule has 0 radical (unpaired) electrons. The molecule has 0 saturated carbocycles. The zero-order valence-electron chi connectivity index (χ0n) is 10.7. The lowest BCUT2D eigenvalue weighted by molar-refractivity contribution is 0.415. The summed E-state index contributed by atoms with van der Waals surface area (Å²) in [4.78, 5) is 6.11. The fraction of sp³-hybridized carbons (Fsp3) is 0.214. The van der Waals surface area contributed by atoms with Gasteiger partial charge in [0.2, 0.25) is 0 Å². The third kappa shape index (κ3) is 3.52. The topological polar surface area (TPSA) is 25.4 Å². The van der Waals surface area contributed by atoms with Gasteiger partial charge in [0.15, 0.2) is 0 Å². The van der Waals surface area contributed by atoms with E-state index in [0.717, 1.165) is 17.0 Å². The van der Waals surface area contributed by atoms with E-state index in [1.165, 1.54) is 0 Å². The SMILES string of the molecule is COc1ccc(N(C)Cc2ccc(Cl)nc2Cl)cc1. The number of aromatic nitrogens is 1. The molecule has 0 aliphatic heterocycles. The maximum absolute atomic E-state index is 6.07. The summed E-state index contributed by atoms with van der Waals surface area (Å²) in [5.74, 6) is 0.836. The zero-order valence-corrected chi connectivity index (χ0v) is 12.2. The number of hydrogen-bond donors (Lipinski definition) is 0. The van der Waals surface area contributed by atoms with E-state index in [2.05, 4.69) is 9.88 Å². The van der Waals surface area contributed by atoms with E-state index in [-0.39, 0.29) is 0 Å². The summed E-state index contributed by atoms with van der Waals surface area (Å²) in [5.41, 5.74) is 2.01. The minimum Gasteiger partial charge on any atom is -0.497 e. The van der Waals surface area contributed by atoms with Crippen LogP contribution in [0.5, 0.6) is 5.75 Å². The van der Waals surface area contributed by atoms with E-state index in [0.29, 0.717) is 16.9 Å². The molecule has 0 aliphatic carbocycles. The summed E-state index contributed by atoms with van der Waals surface area (Å²) in [6, 6.07) is 11.5. The summed E-state index contributed by atoms with van der Waals surface area (Å²) in [7, 11) is 3.64. The van der Waals surface area contributed by atoms with Gasteiger partial charge in [-0.2, -0.15) is 0 Å². The Bertz CT molecular complexity index is 558. The van der Waals surface area contributed by atoms with Crippen LogP contribution in [0.4, 0.5) is 5.69 Å². The first-order valence-electron chi connectivity index (χ1n) is 5.76. The van der Waals surface area contributed by atoms with Crippen molar-refractivity contribution in [3.63, 3.8) is 0 Å². The maximum atomic E-state index is 6.07. The molecule has 0 N–H and O–H groups in total. The minimum absolute atomic E-state index is 0.404. The van der Waals surface area contributed by atoms with Crippen molar-refractivity contribution in [2.75, 3.05) is 19.1 Å². The summed E-state index contributed by atoms with van der Waals surface area (Å²) < 4.78 is 5.14. The van der Waals surface area contributed by atoms with Crippen LogP contribution >= 0.6 is 23.2 Å². The average Bonchev–Trinajstić information content (AvgIpc) is 2.42. The van der Waals surface area contributed by atoms with E-state index >= 15 is 0 Å². The Balaban J connectivity index is 2.13. The van der Waals surface area contributed by atoms with Crippen LogP contribution in [0.3, 0.4) is 0 Å². The highest BCUT2D eigenvalue weighted by Crippen LogP contribution is 2.22. The second kappa shape index (κ2) is 6.13. The molecule has 0 aliphatic rings. The summed E-state index contributed by atoms with van der Waals surface area (Å²) in [6.07, 6.45) is 0. The van der Waals surface area contributed by atoms with Gasteiger partial charge in [-0.1, -0.05) is 29.3 Å². The van der Waals surface area contributed by atoms with Crippen LogP contribution in [-0.2, 0) is 6.54 Å². The molecule has 0 spiro atoms. The van der Waals surface area contributed by atoms with Gasteiger partial charge in [-0.25, -0.2) is 4.98 Å². The van der Waals surface area contributed by atoms with E-state index in [1.54, 1.807) is 13.2 Å². The normalized spacial score (nSPS) is 10.3. The van der Waals surface area contributed by atoms with Crippen molar-refractivity contribution < 1.29 is 4.74 Å². The highest BCUT2D eigenvalue weighted by atomic mass is 35.5. The Labute approximate surface area is 122 Å². The van der Waals surface area contributed by atoms with Crippen molar-refractivity contribution in [1.82, 2.24) is 4.98 Å². The summed E-state index contributed by atoms with van der Waals surface area (Å²) in [5, 5.41) is 0.841. The lowest BCUT2D eigenvalue weighted by Crippen LogP contribution is -2.16. The standard InChI is InChI=1S/C14H14Cl2N2O/c1-18(11-4-6-12(19-2)7-5-11)9-10-3-8-13(15)17-14(10)16/h3-8H,9H2,1-2H3. The lowest BCUT2D eigenvalue weighted by atomic mass is 10.2. The summed E-state index contributed by atoms with van der Waals surface area (Å²) in [6.45, 7) is 0.662. The van der Waals surface area contributed by atoms with E-state index in [1.807, 2.05) is 37.4 Å². The maximum Gasteiger partial charge on any atom is 0.135 e. The van der Waals surface area contributed by atoms with Crippen molar-refractivity contribution >= 4 is 28.9 Å². The Morgan fingerprint density at radius 1 is 1.11 bits per heavy atom. The molecular weight excluding hydrogens is 283 g/mol. The first-order valence-corrected chi connectivity index (χ1v) is 6.52. The number of pyridine rings is 1. The number of nitrogens with zero attached hydrogens (tertiary/aromatic N) is 2. The van der Waals surface area contributed by atoms with Crippen LogP contribution in [0, 0.1) is 0 Å². The van der Waals surface area contributed by atoms with Gasteiger partial charge in [0.25, 0.3) is 0 Å². The second-order valence-corrected chi connectivity index (χ2v) is 4.88. The molecule has 2 rings (SSSR count). The average molecular weight is 297 g/mol. The van der Waals surface area contributed by atoms with Gasteiger partial charge < -0.3 is 9.64 Å². The highest BCUT2D eigenvalue weighted by Gasteiger charge is 2.07. The fourth-order valence-electron chi connectivity index (χ4n) is 1.74. The van der Waals surface area contributed by atoms with Gasteiger partial charge in [0, 0.05) is 24.8 Å². The van der Waals surface area contributed by atoms with Crippen molar-refractivity contribution in [3.8, 4) is 5.75 Å². The molecule has 1 heterocycles. The molecule has 5 heteroatoms. The van der Waals surface area contributed by atoms with E-state index < -0.39 is 0 Å². The molecule has 0 amide bonds. The molecule has 1 aromatic heterocycles. The number of halogens is 2. The number of methoxy groups -OCH3 is 1. The molecule has 0 fully saturated rings. The lowest BCUT2D eigenvalue weighted by Gasteiger charge is -2.20. The predicted octanol–water partition coefficient (Wildman–Crippen LogP) is 4.03. The minimum atomic E-state index is 0.404. The van der Waals surface area contributed by atoms with Gasteiger partial charge in [-0.05, 0) is 30.3 Å². The molecule has 2 aromatic rings. The number of rotatable bonds is 4. The third-order valence-corrected chi connectivity index (χ3v) is 3.35. The van der Waals surface area contributed by atoms with Crippen LogP contribution in [0.25, 0.3) is 0 Å². The van der Waals surface area contributed by atoms with Crippen LogP contribution in [0.2, 0.25) is 10.3 Å². The molecule has 0 bridgehead atoms. The van der Waals surface area contributed by atoms with Crippen LogP contribution in [0.1, 0.15) is 5.56 Å². The van der Waals surface area contributed by atoms with E-state index in [4.69, 9.17) is 27.9 Å². The molecule has 3 nitrogen and oxygen atoms in total. The zero-order chi connectivity index (χ0) is 13.8. The number of ether oxygens (including phenoxy) is 1. The molecule has 0 saturated heterocycles. The quantitative estimate of drug-likeness (QED) is 0.797. The van der Waals surface area contributed by atoms with Crippen LogP contribution in [0.15, 0.2) is 36.4 Å². The molecule has 19 heavy (non-hydrogen) atoms. The van der Waals surface area contributed by atoms with Crippen molar-refractivity contribution in [2.24, 2.45) is 0 Å². The number of anilines is 1. The monoisotopic (exact) mass is 296 g/mol. The molecule has 0 atom stereocenters. The first kappa shape index (κ1) is 14.0. The molecule has 1 aromatic carbocycles. The Kier molecular flexibility index (Phi) is 4.51. The second-order valence-electron chi connectivity index (χ2n) is 4.14. The van der Waals surface area contributed by atoms with Gasteiger partial charge in [-0.3, -0.25) is 0 Å². The molecular formula is C14H14Cl2N2O. The smallest absolute Gasteiger partial charge is 0.135 e. The molecule has 0 unspecified atom stereocenters. The highest BCUT2D eigenvalue weighted by molar-refractivity contribution is 6.32. The van der Waals surface area contributed by atoms with Gasteiger partial charge in [0.1, 0.15) is 16.1 Å². The van der Waals surface area contributed by atoms with Crippen molar-refractivity contribution in [3.05, 3.63) is 52.3 Å². The predicted molar refractivity (Wildman–Crippen MR) is 79.4 cm³/mol. The van der Waals surface area contributed by atoms with Gasteiger partial charge in [-0.15, -0.1) is 0 Å². The Morgan fingerprint density at radius 2 is 1.79 bits per heavy atom. The van der Waals surface area contributed by atoms with Crippen molar-refractivity contribution in [2.45, 2.75) is 6.54 Å². The third-order valence-electron chi connectivity index (χ3n) is 2.81. The van der Waals surface area contributed by atoms with Crippen LogP contribution < -0.4 is 9.64 Å². The molecule has 100 valence electrons. The Hall–Kier alpha value is -1.45. The fourth-order valence-corrected chi connectivity index (χ4v) is 2.15. The number of benzene rings is 1. The largest absolute Gasteiger partial charge is 0.497 e. The number of hydrogen-bond acceptors (Lipinski definition) is 3. The Morgan fingerprint density at radius 3 is 2.37 bits per heavy atom. The van der Waals surface area contributed by atoms with E-state index in [9.17, 15) is 0 Å². The van der Waals surface area contributed by atoms with Crippen LogP contribution in [-0.4, -0.2) is 19.1 Å². The van der Waals surface area contributed by atoms with Gasteiger partial charge >= 0.3 is 0 Å². The van der Waals surface area contributed by atoms with Crippen molar-refractivity contribution in [1.29, 1.82) is 0 Å². The van der Waals surface area contributed by atoms with Gasteiger partial charge in [0.05, 0.1) is 7.11 Å². The summed E-state index contributed by atoms with van der Waals surface area (Å²) >= 11 is 11.8. The first-order chi connectivity index (χ1) is 9.10.